The summed E-state index contributed by atoms with van der Waals surface area (Å²) < 4.78 is 26.7. The van der Waals surface area contributed by atoms with Crippen molar-refractivity contribution in [1.29, 1.82) is 0 Å². The zero-order chi connectivity index (χ0) is 14.5. The summed E-state index contributed by atoms with van der Waals surface area (Å²) in [5, 5.41) is 3.66. The monoisotopic (exact) mass is 277 g/mol. The number of hydrogen-bond donors (Lipinski definition) is 1. The number of rotatable bonds is 1. The van der Waals surface area contributed by atoms with Crippen molar-refractivity contribution in [2.75, 3.05) is 0 Å². The molecule has 1 aromatic rings. The van der Waals surface area contributed by atoms with Crippen molar-refractivity contribution in [2.24, 2.45) is 11.8 Å². The van der Waals surface area contributed by atoms with Gasteiger partial charge in [0.1, 0.15) is 0 Å². The fraction of sp³-hybridized carbons (Fsp3) is 0.529. The molecule has 1 aliphatic carbocycles. The van der Waals surface area contributed by atoms with Crippen LogP contribution >= 0.6 is 0 Å². The van der Waals surface area contributed by atoms with Gasteiger partial charge in [0.2, 0.25) is 0 Å². The molecule has 1 N–H and O–H groups in total. The van der Waals surface area contributed by atoms with Gasteiger partial charge in [0, 0.05) is 11.6 Å². The average Bonchev–Trinajstić information content (AvgIpc) is 2.39. The normalized spacial score (nSPS) is 31.9. The Labute approximate surface area is 119 Å². The van der Waals surface area contributed by atoms with Crippen LogP contribution in [0.2, 0.25) is 0 Å². The van der Waals surface area contributed by atoms with E-state index in [-0.39, 0.29) is 11.6 Å². The van der Waals surface area contributed by atoms with Crippen LogP contribution in [0.25, 0.3) is 0 Å². The first-order valence-corrected chi connectivity index (χ1v) is 7.28. The summed E-state index contributed by atoms with van der Waals surface area (Å²) in [4.78, 5) is 0. The molecule has 1 heterocycles. The first-order valence-electron chi connectivity index (χ1n) is 7.28. The lowest BCUT2D eigenvalue weighted by atomic mass is 9.65. The fourth-order valence-electron chi connectivity index (χ4n) is 3.70. The van der Waals surface area contributed by atoms with Crippen molar-refractivity contribution in [3.05, 3.63) is 47.0 Å². The third kappa shape index (κ3) is 2.18. The smallest absolute Gasteiger partial charge is 0.159 e. The second-order valence-corrected chi connectivity index (χ2v) is 6.74. The summed E-state index contributed by atoms with van der Waals surface area (Å²) >= 11 is 0. The van der Waals surface area contributed by atoms with Crippen molar-refractivity contribution in [3.63, 3.8) is 0 Å². The van der Waals surface area contributed by atoms with E-state index in [0.717, 1.165) is 18.4 Å². The van der Waals surface area contributed by atoms with Crippen LogP contribution in [0.4, 0.5) is 8.78 Å². The van der Waals surface area contributed by atoms with Crippen LogP contribution in [0, 0.1) is 23.5 Å². The Hall–Kier alpha value is -1.22. The minimum absolute atomic E-state index is 0.0171. The molecule has 1 nitrogen and oxygen atoms in total. The maximum Gasteiger partial charge on any atom is 0.159 e. The van der Waals surface area contributed by atoms with E-state index in [0.29, 0.717) is 11.8 Å². The molecule has 3 atom stereocenters. The van der Waals surface area contributed by atoms with Crippen molar-refractivity contribution >= 4 is 0 Å². The van der Waals surface area contributed by atoms with Gasteiger partial charge in [-0.05, 0) is 63.1 Å². The summed E-state index contributed by atoms with van der Waals surface area (Å²) in [6.07, 6.45) is 4.53. The molecular formula is C17H21F2N. The molecule has 3 heteroatoms. The highest BCUT2D eigenvalue weighted by Crippen LogP contribution is 2.47. The maximum absolute atomic E-state index is 13.5. The number of fused-ring (bicyclic) bond motifs is 2. The summed E-state index contributed by atoms with van der Waals surface area (Å²) in [7, 11) is 0. The van der Waals surface area contributed by atoms with Gasteiger partial charge in [-0.25, -0.2) is 8.78 Å². The molecule has 3 rings (SSSR count). The Balaban J connectivity index is 2.00. The highest BCUT2D eigenvalue weighted by atomic mass is 19.2. The quantitative estimate of drug-likeness (QED) is 0.752. The Bertz CT molecular complexity index is 562. The van der Waals surface area contributed by atoms with Gasteiger partial charge in [-0.3, -0.25) is 0 Å². The lowest BCUT2D eigenvalue weighted by Crippen LogP contribution is -2.55. The second-order valence-electron chi connectivity index (χ2n) is 6.74. The Kier molecular flexibility index (Phi) is 3.20. The molecule has 0 radical (unpaired) electrons. The first-order chi connectivity index (χ1) is 9.38. The van der Waals surface area contributed by atoms with E-state index in [1.165, 1.54) is 17.7 Å². The lowest BCUT2D eigenvalue weighted by Gasteiger charge is -2.50. The van der Waals surface area contributed by atoms with Crippen LogP contribution in [0.3, 0.4) is 0 Å². The number of nitrogens with one attached hydrogen (secondary N) is 1. The van der Waals surface area contributed by atoms with E-state index < -0.39 is 11.6 Å². The third-order valence-electron chi connectivity index (χ3n) is 5.10. The minimum atomic E-state index is -0.780. The van der Waals surface area contributed by atoms with Gasteiger partial charge < -0.3 is 5.32 Å². The number of benzene rings is 1. The molecule has 2 aliphatic rings. The molecule has 20 heavy (non-hydrogen) atoms. The molecule has 2 bridgehead atoms. The van der Waals surface area contributed by atoms with Crippen LogP contribution in [0.15, 0.2) is 29.8 Å². The Morgan fingerprint density at radius 1 is 1.20 bits per heavy atom. The van der Waals surface area contributed by atoms with E-state index in [2.05, 4.69) is 32.2 Å². The predicted octanol–water partition coefficient (Wildman–Crippen LogP) is 4.36. The lowest BCUT2D eigenvalue weighted by molar-refractivity contribution is 0.109. The van der Waals surface area contributed by atoms with Crippen molar-refractivity contribution < 1.29 is 8.78 Å². The molecule has 0 aromatic heterocycles. The highest BCUT2D eigenvalue weighted by molar-refractivity contribution is 5.28. The van der Waals surface area contributed by atoms with E-state index in [9.17, 15) is 8.78 Å². The summed E-state index contributed by atoms with van der Waals surface area (Å²) in [5.41, 5.74) is 2.22. The van der Waals surface area contributed by atoms with E-state index in [1.54, 1.807) is 6.07 Å². The molecule has 1 aliphatic heterocycles. The molecular weight excluding hydrogens is 256 g/mol. The average molecular weight is 277 g/mol. The van der Waals surface area contributed by atoms with Gasteiger partial charge in [0.15, 0.2) is 11.6 Å². The minimum Gasteiger partial charge on any atom is -0.304 e. The Morgan fingerprint density at radius 2 is 1.95 bits per heavy atom. The van der Waals surface area contributed by atoms with Crippen LogP contribution < -0.4 is 5.32 Å². The standard InChI is InChI=1S/C17H21F2N/c1-10-4-6-12-9-13(10)16(20-17(12,2)3)11-5-7-14(18)15(19)8-11/h4-5,7-8,12-13,16,20H,6,9H2,1-3H3/t12-,13-,16+/m1/s1. The number of halogens is 2. The van der Waals surface area contributed by atoms with Crippen molar-refractivity contribution in [1.82, 2.24) is 5.32 Å². The Morgan fingerprint density at radius 3 is 2.65 bits per heavy atom. The molecule has 0 saturated carbocycles. The maximum atomic E-state index is 13.5. The molecule has 0 amide bonds. The van der Waals surface area contributed by atoms with Gasteiger partial charge in [-0.15, -0.1) is 0 Å². The van der Waals surface area contributed by atoms with Gasteiger partial charge in [-0.2, -0.15) is 0 Å². The molecule has 0 spiro atoms. The molecule has 1 saturated heterocycles. The molecule has 108 valence electrons. The van der Waals surface area contributed by atoms with Crippen LogP contribution in [0.1, 0.15) is 45.2 Å². The van der Waals surface area contributed by atoms with Crippen molar-refractivity contribution in [3.8, 4) is 0 Å². The van der Waals surface area contributed by atoms with Gasteiger partial charge >= 0.3 is 0 Å². The highest BCUT2D eigenvalue weighted by Gasteiger charge is 2.43. The summed E-state index contributed by atoms with van der Waals surface area (Å²) in [6.45, 7) is 6.55. The number of hydrogen-bond acceptors (Lipinski definition) is 1. The molecule has 1 fully saturated rings. The number of piperidine rings is 1. The molecule has 1 aromatic carbocycles. The third-order valence-corrected chi connectivity index (χ3v) is 5.10. The molecule has 0 unspecified atom stereocenters. The van der Waals surface area contributed by atoms with Crippen molar-refractivity contribution in [2.45, 2.75) is 45.2 Å². The summed E-state index contributed by atoms with van der Waals surface area (Å²) in [6, 6.07) is 4.33. The van der Waals surface area contributed by atoms with E-state index in [1.807, 2.05) is 0 Å². The van der Waals surface area contributed by atoms with Crippen LogP contribution in [-0.4, -0.2) is 5.54 Å². The zero-order valence-corrected chi connectivity index (χ0v) is 12.2. The first kappa shape index (κ1) is 13.7. The predicted molar refractivity (Wildman–Crippen MR) is 76.3 cm³/mol. The number of allylic oxidation sites excluding steroid dienone is 1. The van der Waals surface area contributed by atoms with Crippen LogP contribution in [-0.2, 0) is 0 Å². The van der Waals surface area contributed by atoms with E-state index >= 15 is 0 Å². The van der Waals surface area contributed by atoms with Gasteiger partial charge in [-0.1, -0.05) is 17.7 Å². The SMILES string of the molecule is CC1=CC[C@@H]2C[C@H]1[C@H](c1ccc(F)c(F)c1)NC2(C)C. The summed E-state index contributed by atoms with van der Waals surface area (Å²) in [5.74, 6) is -0.552. The zero-order valence-electron chi connectivity index (χ0n) is 12.2. The van der Waals surface area contributed by atoms with Crippen LogP contribution in [0.5, 0.6) is 0 Å². The van der Waals surface area contributed by atoms with Gasteiger partial charge in [0.05, 0.1) is 0 Å². The fourth-order valence-corrected chi connectivity index (χ4v) is 3.70. The van der Waals surface area contributed by atoms with E-state index in [4.69, 9.17) is 0 Å². The second kappa shape index (κ2) is 4.66. The topological polar surface area (TPSA) is 12.0 Å². The largest absolute Gasteiger partial charge is 0.304 e. The van der Waals surface area contributed by atoms with Gasteiger partial charge in [0.25, 0.3) is 0 Å².